The van der Waals surface area contributed by atoms with E-state index in [2.05, 4.69) is 50.1 Å². The molecule has 0 saturated heterocycles. The van der Waals surface area contributed by atoms with Gasteiger partial charge in [-0.3, -0.25) is 4.79 Å². The van der Waals surface area contributed by atoms with E-state index in [0.717, 1.165) is 17.7 Å². The topological polar surface area (TPSA) is 161 Å². The Balaban J connectivity index is 1.20. The zero-order chi connectivity index (χ0) is 30.3. The number of aliphatic hydroxyl groups is 1. The van der Waals surface area contributed by atoms with Gasteiger partial charge in [-0.25, -0.2) is 0 Å². The summed E-state index contributed by atoms with van der Waals surface area (Å²) in [4.78, 5) is 25.5. The predicted octanol–water partition coefficient (Wildman–Crippen LogP) is 2.91. The summed E-state index contributed by atoms with van der Waals surface area (Å²) in [7, 11) is 0. The molecule has 0 spiro atoms. The molecule has 2 heterocycles. The number of carbonyl (C=O) groups is 1. The molecule has 3 aromatic rings. The van der Waals surface area contributed by atoms with Gasteiger partial charge in [0.25, 0.3) is 5.91 Å². The molecule has 0 unspecified atom stereocenters. The molecule has 1 atom stereocenters. The molecule has 0 fully saturated rings. The minimum absolute atomic E-state index is 0.0398. The number of aromatic nitrogens is 3. The second-order valence-electron chi connectivity index (χ2n) is 10.3. The first kappa shape index (κ1) is 31.7. The highest BCUT2D eigenvalue weighted by Gasteiger charge is 2.15. The van der Waals surface area contributed by atoms with Crippen LogP contribution in [0.4, 0.5) is 17.8 Å². The van der Waals surface area contributed by atoms with E-state index in [0.29, 0.717) is 81.1 Å². The summed E-state index contributed by atoms with van der Waals surface area (Å²) < 4.78 is 22.0. The van der Waals surface area contributed by atoms with Crippen LogP contribution in [0.5, 0.6) is 11.5 Å². The van der Waals surface area contributed by atoms with E-state index >= 15 is 0 Å². The van der Waals surface area contributed by atoms with Crippen molar-refractivity contribution in [1.29, 1.82) is 0 Å². The van der Waals surface area contributed by atoms with Crippen molar-refractivity contribution in [2.45, 2.75) is 32.9 Å². The molecular formula is C30H41N7O6. The average Bonchev–Trinajstić information content (AvgIpc) is 3.49. The molecule has 43 heavy (non-hydrogen) atoms. The van der Waals surface area contributed by atoms with Crippen LogP contribution in [0.3, 0.4) is 0 Å². The van der Waals surface area contributed by atoms with E-state index in [1.54, 1.807) is 12.1 Å². The van der Waals surface area contributed by atoms with Crippen LogP contribution in [0.1, 0.15) is 36.2 Å². The van der Waals surface area contributed by atoms with E-state index in [-0.39, 0.29) is 25.3 Å². The number of rotatable bonds is 19. The van der Waals surface area contributed by atoms with Crippen molar-refractivity contribution in [3.05, 3.63) is 59.7 Å². The summed E-state index contributed by atoms with van der Waals surface area (Å²) >= 11 is 0. The molecule has 5 N–H and O–H groups in total. The number of nitrogens with zero attached hydrogens (tertiary/aromatic N) is 3. The molecule has 0 radical (unpaired) electrons. The molecule has 2 aromatic carbocycles. The third-order valence-electron chi connectivity index (χ3n) is 6.30. The van der Waals surface area contributed by atoms with Gasteiger partial charge in [0, 0.05) is 25.2 Å². The van der Waals surface area contributed by atoms with Crippen molar-refractivity contribution in [2.75, 3.05) is 68.9 Å². The maximum absolute atomic E-state index is 12.0. The fourth-order valence-electron chi connectivity index (χ4n) is 4.25. The summed E-state index contributed by atoms with van der Waals surface area (Å²) in [5, 5.41) is 22.3. The number of ether oxygens (including phenoxy) is 4. The summed E-state index contributed by atoms with van der Waals surface area (Å²) in [6.07, 6.45) is 0.764. The highest BCUT2D eigenvalue weighted by Crippen LogP contribution is 2.32. The molecule has 13 heteroatoms. The van der Waals surface area contributed by atoms with Crippen LogP contribution in [-0.2, 0) is 16.0 Å². The summed E-state index contributed by atoms with van der Waals surface area (Å²) in [5.74, 6) is 2.82. The molecule has 1 aliphatic heterocycles. The quantitative estimate of drug-likeness (QED) is 0.129. The fourth-order valence-corrected chi connectivity index (χ4v) is 4.25. The van der Waals surface area contributed by atoms with Crippen LogP contribution in [0.2, 0.25) is 0 Å². The Labute approximate surface area is 251 Å². The van der Waals surface area contributed by atoms with Crippen molar-refractivity contribution in [2.24, 2.45) is 5.92 Å². The average molecular weight is 596 g/mol. The summed E-state index contributed by atoms with van der Waals surface area (Å²) in [6.45, 7) is 7.35. The molecule has 0 saturated carbocycles. The first-order chi connectivity index (χ1) is 21.0. The van der Waals surface area contributed by atoms with Gasteiger partial charge in [0.05, 0.1) is 39.1 Å². The molecule has 0 bridgehead atoms. The minimum atomic E-state index is -0.188. The number of amides is 1. The normalized spacial score (nSPS) is 12.7. The second-order valence-corrected chi connectivity index (χ2v) is 10.3. The van der Waals surface area contributed by atoms with Gasteiger partial charge in [0.15, 0.2) is 11.5 Å². The minimum Gasteiger partial charge on any atom is -0.454 e. The Morgan fingerprint density at radius 2 is 1.58 bits per heavy atom. The van der Waals surface area contributed by atoms with Crippen LogP contribution < -0.4 is 30.7 Å². The Bertz CT molecular complexity index is 1280. The van der Waals surface area contributed by atoms with Crippen molar-refractivity contribution < 1.29 is 28.8 Å². The highest BCUT2D eigenvalue weighted by atomic mass is 16.7. The Morgan fingerprint density at radius 1 is 0.884 bits per heavy atom. The molecule has 1 aromatic heterocycles. The number of carbonyl (C=O) groups excluding carboxylic acids is 1. The third kappa shape index (κ3) is 10.9. The number of benzene rings is 2. The van der Waals surface area contributed by atoms with Crippen LogP contribution in [0, 0.1) is 5.92 Å². The molecular weight excluding hydrogens is 554 g/mol. The van der Waals surface area contributed by atoms with Crippen molar-refractivity contribution in [3.8, 4) is 11.5 Å². The summed E-state index contributed by atoms with van der Waals surface area (Å²) in [5.41, 5.74) is 1.60. The lowest BCUT2D eigenvalue weighted by Crippen LogP contribution is -2.27. The van der Waals surface area contributed by atoms with E-state index < -0.39 is 0 Å². The van der Waals surface area contributed by atoms with Gasteiger partial charge < -0.3 is 45.3 Å². The number of nitrogens with one attached hydrogen (secondary N) is 4. The first-order valence-electron chi connectivity index (χ1n) is 14.5. The number of anilines is 3. The van der Waals surface area contributed by atoms with E-state index in [4.69, 9.17) is 18.9 Å². The molecule has 1 amide bonds. The molecule has 13 nitrogen and oxygen atoms in total. The Hall–Kier alpha value is -4.20. The van der Waals surface area contributed by atoms with Crippen molar-refractivity contribution in [3.63, 3.8) is 0 Å². The van der Waals surface area contributed by atoms with Crippen LogP contribution >= 0.6 is 0 Å². The van der Waals surface area contributed by atoms with Gasteiger partial charge in [-0.15, -0.1) is 0 Å². The standard InChI is InChI=1S/C30H41N7O6/c1-21(2)16-24(19-38)34-30-36-28(35-29(37-30)33-18-22-8-9-25-26(17-22)43-20-42-25)32-11-13-41-15-14-40-12-10-31-27(39)23-6-4-3-5-7-23/h3-9,17,21,24,38H,10-16,18-20H2,1-2H3,(H,31,39)(H3,32,33,34,35,36,37)/t24-/m1/s1. The largest absolute Gasteiger partial charge is 0.454 e. The van der Waals surface area contributed by atoms with Gasteiger partial charge in [0.2, 0.25) is 24.6 Å². The van der Waals surface area contributed by atoms with Gasteiger partial charge in [-0.1, -0.05) is 38.1 Å². The van der Waals surface area contributed by atoms with Crippen LogP contribution in [0.25, 0.3) is 0 Å². The van der Waals surface area contributed by atoms with Crippen molar-refractivity contribution >= 4 is 23.8 Å². The lowest BCUT2D eigenvalue weighted by molar-refractivity contribution is 0.0519. The SMILES string of the molecule is CC(C)C[C@H](CO)Nc1nc(NCCOCCOCCNC(=O)c2ccccc2)nc(NCc2ccc3c(c2)OCO3)n1. The van der Waals surface area contributed by atoms with Gasteiger partial charge in [0.1, 0.15) is 0 Å². The smallest absolute Gasteiger partial charge is 0.251 e. The van der Waals surface area contributed by atoms with Gasteiger partial charge in [-0.05, 0) is 42.2 Å². The molecule has 1 aliphatic rings. The van der Waals surface area contributed by atoms with Gasteiger partial charge >= 0.3 is 0 Å². The third-order valence-corrected chi connectivity index (χ3v) is 6.30. The van der Waals surface area contributed by atoms with Crippen LogP contribution in [-0.4, -0.2) is 84.9 Å². The maximum Gasteiger partial charge on any atom is 0.251 e. The molecule has 232 valence electrons. The lowest BCUT2D eigenvalue weighted by atomic mass is 10.0. The van der Waals surface area contributed by atoms with Gasteiger partial charge in [-0.2, -0.15) is 15.0 Å². The van der Waals surface area contributed by atoms with Crippen molar-refractivity contribution in [1.82, 2.24) is 20.3 Å². The zero-order valence-corrected chi connectivity index (χ0v) is 24.7. The zero-order valence-electron chi connectivity index (χ0n) is 24.7. The summed E-state index contributed by atoms with van der Waals surface area (Å²) in [6, 6.07) is 14.6. The maximum atomic E-state index is 12.0. The molecule has 4 rings (SSSR count). The van der Waals surface area contributed by atoms with E-state index in [1.165, 1.54) is 0 Å². The van der Waals surface area contributed by atoms with Crippen LogP contribution in [0.15, 0.2) is 48.5 Å². The second kappa shape index (κ2) is 17.0. The molecule has 0 aliphatic carbocycles. The van der Waals surface area contributed by atoms with E-state index in [9.17, 15) is 9.90 Å². The number of fused-ring (bicyclic) bond motifs is 1. The number of hydrogen-bond acceptors (Lipinski definition) is 12. The Morgan fingerprint density at radius 3 is 2.33 bits per heavy atom. The highest BCUT2D eigenvalue weighted by molar-refractivity contribution is 5.94. The number of hydrogen-bond donors (Lipinski definition) is 5. The van der Waals surface area contributed by atoms with E-state index in [1.807, 2.05) is 36.4 Å². The lowest BCUT2D eigenvalue weighted by Gasteiger charge is -2.19. The predicted molar refractivity (Wildman–Crippen MR) is 163 cm³/mol. The monoisotopic (exact) mass is 595 g/mol. The number of aliphatic hydroxyl groups excluding tert-OH is 1. The fraction of sp³-hybridized carbons (Fsp3) is 0.467. The Kier molecular flexibility index (Phi) is 12.6. The first-order valence-corrected chi connectivity index (χ1v) is 14.5.